The Labute approximate surface area is 227 Å². The molecule has 0 aliphatic heterocycles. The Morgan fingerprint density at radius 1 is 0.868 bits per heavy atom. The number of sulfonamides is 1. The number of ether oxygens (including phenoxy) is 2. The van der Waals surface area contributed by atoms with Gasteiger partial charge >= 0.3 is 0 Å². The van der Waals surface area contributed by atoms with Crippen molar-refractivity contribution in [1.29, 1.82) is 0 Å². The molecule has 0 aromatic heterocycles. The summed E-state index contributed by atoms with van der Waals surface area (Å²) in [6, 6.07) is 28.4. The third-order valence-electron chi connectivity index (χ3n) is 5.51. The molecule has 0 bridgehead atoms. The summed E-state index contributed by atoms with van der Waals surface area (Å²) in [5, 5.41) is 2.96. The number of anilines is 1. The third-order valence-corrected chi connectivity index (χ3v) is 7.28. The van der Waals surface area contributed by atoms with Crippen LogP contribution in [0, 0.1) is 0 Å². The van der Waals surface area contributed by atoms with Crippen LogP contribution in [-0.2, 0) is 21.2 Å². The zero-order valence-electron chi connectivity index (χ0n) is 20.6. The second kappa shape index (κ2) is 12.6. The molecule has 2 N–H and O–H groups in total. The van der Waals surface area contributed by atoms with Crippen LogP contribution in [0.5, 0.6) is 17.2 Å². The van der Waals surface area contributed by atoms with E-state index in [0.29, 0.717) is 29.5 Å². The van der Waals surface area contributed by atoms with Gasteiger partial charge in [0.25, 0.3) is 0 Å². The second-order valence-electron chi connectivity index (χ2n) is 8.32. The van der Waals surface area contributed by atoms with Gasteiger partial charge in [0.1, 0.15) is 23.3 Å². The fourth-order valence-corrected chi connectivity index (χ4v) is 5.20. The predicted molar refractivity (Wildman–Crippen MR) is 148 cm³/mol. The SMILES string of the molecule is CCOc1ccc(S(=O)(=O)N[C@H](Cc2ccccc2)C(=O)Nc2ccc(Oc3ccccc3)cc2)cc1Cl. The summed E-state index contributed by atoms with van der Waals surface area (Å²) in [5.74, 6) is 1.16. The predicted octanol–water partition coefficient (Wildman–Crippen LogP) is 6.06. The lowest BCUT2D eigenvalue weighted by Crippen LogP contribution is -2.45. The standard InChI is InChI=1S/C29H27ClN2O5S/c1-2-36-28-18-17-25(20-26(28)30)38(34,35)32-27(19-21-9-5-3-6-10-21)29(33)31-22-13-15-24(16-14-22)37-23-11-7-4-8-12-23/h3-18,20,27,32H,2,19H2,1H3,(H,31,33)/t27-/m1/s1. The molecule has 0 heterocycles. The van der Waals surface area contributed by atoms with E-state index in [2.05, 4.69) is 10.0 Å². The van der Waals surface area contributed by atoms with Crippen LogP contribution in [0.25, 0.3) is 0 Å². The summed E-state index contributed by atoms with van der Waals surface area (Å²) < 4.78 is 40.2. The maximum absolute atomic E-state index is 13.3. The van der Waals surface area contributed by atoms with Gasteiger partial charge in [0.15, 0.2) is 0 Å². The second-order valence-corrected chi connectivity index (χ2v) is 10.4. The summed E-state index contributed by atoms with van der Waals surface area (Å²) in [6.07, 6.45) is 0.145. The van der Waals surface area contributed by atoms with E-state index in [9.17, 15) is 13.2 Å². The molecule has 0 fully saturated rings. The summed E-state index contributed by atoms with van der Waals surface area (Å²) >= 11 is 6.21. The monoisotopic (exact) mass is 550 g/mol. The van der Waals surface area contributed by atoms with Crippen molar-refractivity contribution in [2.45, 2.75) is 24.3 Å². The van der Waals surface area contributed by atoms with Gasteiger partial charge in [-0.25, -0.2) is 8.42 Å². The third kappa shape index (κ3) is 7.35. The van der Waals surface area contributed by atoms with Crippen molar-refractivity contribution < 1.29 is 22.7 Å². The maximum Gasteiger partial charge on any atom is 0.242 e. The van der Waals surface area contributed by atoms with Crippen LogP contribution in [-0.4, -0.2) is 27.0 Å². The first kappa shape index (κ1) is 27.2. The number of amides is 1. The topological polar surface area (TPSA) is 93.7 Å². The molecule has 0 aliphatic rings. The van der Waals surface area contributed by atoms with Crippen LogP contribution < -0.4 is 19.5 Å². The molecule has 7 nitrogen and oxygen atoms in total. The van der Waals surface area contributed by atoms with E-state index >= 15 is 0 Å². The Hall–Kier alpha value is -3.85. The molecule has 0 aliphatic carbocycles. The van der Waals surface area contributed by atoms with Crippen LogP contribution in [0.2, 0.25) is 5.02 Å². The van der Waals surface area contributed by atoms with Crippen molar-refractivity contribution >= 4 is 33.2 Å². The van der Waals surface area contributed by atoms with E-state index < -0.39 is 22.0 Å². The Morgan fingerprint density at radius 3 is 2.13 bits per heavy atom. The summed E-state index contributed by atoms with van der Waals surface area (Å²) in [7, 11) is -4.08. The first-order chi connectivity index (χ1) is 18.3. The lowest BCUT2D eigenvalue weighted by molar-refractivity contribution is -0.117. The summed E-state index contributed by atoms with van der Waals surface area (Å²) in [5.41, 5.74) is 1.29. The largest absolute Gasteiger partial charge is 0.492 e. The normalized spacial score (nSPS) is 11.9. The van der Waals surface area contributed by atoms with Crippen LogP contribution in [0.3, 0.4) is 0 Å². The van der Waals surface area contributed by atoms with Gasteiger partial charge in [-0.15, -0.1) is 0 Å². The number of hydrogen-bond acceptors (Lipinski definition) is 5. The van der Waals surface area contributed by atoms with Crippen molar-refractivity contribution in [2.75, 3.05) is 11.9 Å². The number of hydrogen-bond donors (Lipinski definition) is 2. The van der Waals surface area contributed by atoms with E-state index in [1.165, 1.54) is 18.2 Å². The summed E-state index contributed by atoms with van der Waals surface area (Å²) in [6.45, 7) is 2.20. The van der Waals surface area contributed by atoms with E-state index in [1.807, 2.05) is 60.7 Å². The molecule has 38 heavy (non-hydrogen) atoms. The first-order valence-corrected chi connectivity index (χ1v) is 13.8. The minimum absolute atomic E-state index is 0.0702. The van der Waals surface area contributed by atoms with E-state index in [0.717, 1.165) is 5.56 Å². The fourth-order valence-electron chi connectivity index (χ4n) is 3.67. The summed E-state index contributed by atoms with van der Waals surface area (Å²) in [4.78, 5) is 13.2. The fraction of sp³-hybridized carbons (Fsp3) is 0.138. The highest BCUT2D eigenvalue weighted by atomic mass is 35.5. The lowest BCUT2D eigenvalue weighted by Gasteiger charge is -2.19. The molecule has 0 unspecified atom stereocenters. The van der Waals surface area contributed by atoms with Gasteiger partial charge in [-0.3, -0.25) is 4.79 Å². The average molecular weight is 551 g/mol. The van der Waals surface area contributed by atoms with Crippen molar-refractivity contribution in [3.05, 3.63) is 114 Å². The molecule has 1 amide bonds. The highest BCUT2D eigenvalue weighted by Gasteiger charge is 2.27. The number of para-hydroxylation sites is 1. The van der Waals surface area contributed by atoms with Crippen LogP contribution >= 0.6 is 11.6 Å². The van der Waals surface area contributed by atoms with Gasteiger partial charge in [0.2, 0.25) is 15.9 Å². The minimum Gasteiger partial charge on any atom is -0.492 e. The van der Waals surface area contributed by atoms with E-state index in [4.69, 9.17) is 21.1 Å². The number of halogens is 1. The number of carbonyl (C=O) groups is 1. The molecular formula is C29H27ClN2O5S. The molecule has 0 radical (unpaired) electrons. The highest BCUT2D eigenvalue weighted by molar-refractivity contribution is 7.89. The Morgan fingerprint density at radius 2 is 1.50 bits per heavy atom. The van der Waals surface area contributed by atoms with Gasteiger partial charge in [-0.1, -0.05) is 60.1 Å². The smallest absolute Gasteiger partial charge is 0.242 e. The Balaban J connectivity index is 1.51. The molecule has 196 valence electrons. The van der Waals surface area contributed by atoms with Gasteiger partial charge in [-0.2, -0.15) is 4.72 Å². The number of benzene rings is 4. The molecule has 4 aromatic carbocycles. The average Bonchev–Trinajstić information content (AvgIpc) is 2.92. The lowest BCUT2D eigenvalue weighted by atomic mass is 10.1. The van der Waals surface area contributed by atoms with Crippen LogP contribution in [0.4, 0.5) is 5.69 Å². The molecule has 4 aromatic rings. The van der Waals surface area contributed by atoms with Crippen molar-refractivity contribution in [2.24, 2.45) is 0 Å². The van der Waals surface area contributed by atoms with Gasteiger partial charge in [0, 0.05) is 5.69 Å². The quantitative estimate of drug-likeness (QED) is 0.237. The molecule has 1 atom stereocenters. The molecule has 4 rings (SSSR count). The van der Waals surface area contributed by atoms with Crippen molar-refractivity contribution in [3.63, 3.8) is 0 Å². The van der Waals surface area contributed by atoms with E-state index in [1.54, 1.807) is 31.2 Å². The number of rotatable bonds is 11. The van der Waals surface area contributed by atoms with Gasteiger partial charge in [-0.05, 0) is 73.5 Å². The zero-order valence-corrected chi connectivity index (χ0v) is 22.2. The number of nitrogens with one attached hydrogen (secondary N) is 2. The molecule has 0 spiro atoms. The molecular weight excluding hydrogens is 524 g/mol. The first-order valence-electron chi connectivity index (χ1n) is 12.0. The minimum atomic E-state index is -4.08. The maximum atomic E-state index is 13.3. The Bertz CT molecular complexity index is 1460. The highest BCUT2D eigenvalue weighted by Crippen LogP contribution is 2.28. The number of carbonyl (C=O) groups excluding carboxylic acids is 1. The molecule has 0 saturated carbocycles. The Kier molecular flexibility index (Phi) is 9.02. The van der Waals surface area contributed by atoms with Gasteiger partial charge < -0.3 is 14.8 Å². The zero-order chi connectivity index (χ0) is 27.0. The molecule has 0 saturated heterocycles. The van der Waals surface area contributed by atoms with Crippen molar-refractivity contribution in [1.82, 2.24) is 4.72 Å². The van der Waals surface area contributed by atoms with E-state index in [-0.39, 0.29) is 16.3 Å². The molecule has 9 heteroatoms. The van der Waals surface area contributed by atoms with Gasteiger partial charge in [0.05, 0.1) is 16.5 Å². The van der Waals surface area contributed by atoms with Crippen LogP contribution in [0.1, 0.15) is 12.5 Å². The van der Waals surface area contributed by atoms with Crippen molar-refractivity contribution in [3.8, 4) is 17.2 Å². The van der Waals surface area contributed by atoms with Crippen LogP contribution in [0.15, 0.2) is 108 Å².